The van der Waals surface area contributed by atoms with Gasteiger partial charge in [-0.3, -0.25) is 19.1 Å². The molecule has 0 spiro atoms. The van der Waals surface area contributed by atoms with Gasteiger partial charge in [-0.1, -0.05) is 12.2 Å². The molecule has 3 heterocycles. The highest BCUT2D eigenvalue weighted by atomic mass is 32.2. The first-order valence-electron chi connectivity index (χ1n) is 18.9. The average molecular weight is 842 g/mol. The van der Waals surface area contributed by atoms with Crippen LogP contribution in [0.5, 0.6) is 11.6 Å². The SMILES string of the molecule is COc1cc(F)cc2c(O[C@@H]3C[C@H]4C(=O)N[C@]5(C(=O)NS(=O)(=O)C6(CF)CC6)C[C@H]5C=CCC[C@@H](C)O[C@@H](C)[C@H](NC(=O)OC(C)(C)C(F)F)C(=O)N4C3)nccc12. The van der Waals surface area contributed by atoms with Gasteiger partial charge in [-0.2, -0.15) is 0 Å². The smallest absolute Gasteiger partial charge is 0.408 e. The number of fused-ring (bicyclic) bond motifs is 3. The van der Waals surface area contributed by atoms with Crippen LogP contribution in [-0.4, -0.2) is 115 Å². The number of allylic oxidation sites excluding steroid dienone is 1. The Balaban J connectivity index is 1.36. The highest BCUT2D eigenvalue weighted by Gasteiger charge is 2.64. The molecule has 318 valence electrons. The summed E-state index contributed by atoms with van der Waals surface area (Å²) in [6, 6.07) is 0.862. The number of carbonyl (C=O) groups excluding carboxylic acids is 4. The molecule has 2 saturated carbocycles. The molecule has 4 aliphatic rings. The summed E-state index contributed by atoms with van der Waals surface area (Å²) in [7, 11) is -3.12. The maximum Gasteiger partial charge on any atom is 0.408 e. The lowest BCUT2D eigenvalue weighted by Gasteiger charge is -2.33. The fourth-order valence-corrected chi connectivity index (χ4v) is 8.74. The first kappa shape index (κ1) is 42.9. The molecule has 3 N–H and O–H groups in total. The highest BCUT2D eigenvalue weighted by molar-refractivity contribution is 7.91. The van der Waals surface area contributed by atoms with Crippen LogP contribution in [0.25, 0.3) is 10.8 Å². The van der Waals surface area contributed by atoms with Gasteiger partial charge in [0.15, 0.2) is 5.60 Å². The number of aromatic nitrogens is 1. The molecule has 7 atom stereocenters. The predicted molar refractivity (Wildman–Crippen MR) is 199 cm³/mol. The molecule has 0 unspecified atom stereocenters. The summed E-state index contributed by atoms with van der Waals surface area (Å²) in [4.78, 5) is 61.4. The summed E-state index contributed by atoms with van der Waals surface area (Å²) in [6.45, 7) is 3.62. The van der Waals surface area contributed by atoms with E-state index in [-0.39, 0.29) is 49.2 Å². The molecule has 4 amide bonds. The van der Waals surface area contributed by atoms with Crippen molar-refractivity contribution in [2.24, 2.45) is 5.92 Å². The van der Waals surface area contributed by atoms with E-state index in [9.17, 15) is 45.2 Å². The zero-order valence-electron chi connectivity index (χ0n) is 32.6. The maximum atomic E-state index is 14.7. The predicted octanol–water partition coefficient (Wildman–Crippen LogP) is 3.84. The lowest BCUT2D eigenvalue weighted by molar-refractivity contribution is -0.145. The molecular formula is C38H47F4N5O10S. The molecule has 1 aromatic carbocycles. The zero-order valence-corrected chi connectivity index (χ0v) is 33.4. The summed E-state index contributed by atoms with van der Waals surface area (Å²) in [5, 5.41) is 5.68. The molecule has 58 heavy (non-hydrogen) atoms. The van der Waals surface area contributed by atoms with Gasteiger partial charge in [0.1, 0.15) is 46.7 Å². The van der Waals surface area contributed by atoms with Crippen LogP contribution >= 0.6 is 0 Å². The van der Waals surface area contributed by atoms with Crippen LogP contribution in [0.1, 0.15) is 66.2 Å². The number of rotatable bonds is 10. The van der Waals surface area contributed by atoms with Crippen molar-refractivity contribution in [2.75, 3.05) is 20.3 Å². The van der Waals surface area contributed by atoms with Crippen molar-refractivity contribution in [1.82, 2.24) is 25.2 Å². The normalized spacial score (nSPS) is 28.7. The third-order valence-electron chi connectivity index (χ3n) is 11.2. The molecule has 2 aromatic rings. The Kier molecular flexibility index (Phi) is 11.9. The van der Waals surface area contributed by atoms with E-state index in [2.05, 4.69) is 15.6 Å². The van der Waals surface area contributed by atoms with E-state index >= 15 is 0 Å². The number of amides is 4. The Morgan fingerprint density at radius 1 is 1.17 bits per heavy atom. The van der Waals surface area contributed by atoms with E-state index in [4.69, 9.17) is 18.9 Å². The number of hydrogen-bond donors (Lipinski definition) is 3. The van der Waals surface area contributed by atoms with Crippen molar-refractivity contribution in [3.63, 3.8) is 0 Å². The molecular weight excluding hydrogens is 795 g/mol. The second-order valence-corrected chi connectivity index (χ2v) is 18.0. The molecule has 2 aliphatic heterocycles. The third kappa shape index (κ3) is 8.53. The van der Waals surface area contributed by atoms with Crippen LogP contribution < -0.4 is 24.8 Å². The number of pyridine rings is 1. The number of methoxy groups -OCH3 is 1. The second kappa shape index (κ2) is 16.1. The number of ether oxygens (including phenoxy) is 4. The lowest BCUT2D eigenvalue weighted by atomic mass is 10.1. The number of sulfonamides is 1. The summed E-state index contributed by atoms with van der Waals surface area (Å²) >= 11 is 0. The van der Waals surface area contributed by atoms with Gasteiger partial charge in [-0.15, -0.1) is 0 Å². The molecule has 20 heteroatoms. The van der Waals surface area contributed by atoms with Crippen molar-refractivity contribution in [2.45, 2.75) is 119 Å². The van der Waals surface area contributed by atoms with Crippen LogP contribution in [0.3, 0.4) is 0 Å². The molecule has 0 radical (unpaired) electrons. The van der Waals surface area contributed by atoms with E-state index in [0.29, 0.717) is 18.2 Å². The van der Waals surface area contributed by atoms with Crippen molar-refractivity contribution in [3.8, 4) is 11.6 Å². The van der Waals surface area contributed by atoms with E-state index in [1.54, 1.807) is 25.1 Å². The van der Waals surface area contributed by atoms with Gasteiger partial charge in [0, 0.05) is 30.0 Å². The summed E-state index contributed by atoms with van der Waals surface area (Å²) < 4.78 is 105. The van der Waals surface area contributed by atoms with Gasteiger partial charge in [0.2, 0.25) is 27.7 Å². The Bertz CT molecular complexity index is 2090. The second-order valence-electron chi connectivity index (χ2n) is 15.9. The van der Waals surface area contributed by atoms with Crippen molar-refractivity contribution in [1.29, 1.82) is 0 Å². The van der Waals surface area contributed by atoms with E-state index in [1.165, 1.54) is 32.4 Å². The Morgan fingerprint density at radius 2 is 1.90 bits per heavy atom. The first-order valence-corrected chi connectivity index (χ1v) is 20.4. The van der Waals surface area contributed by atoms with Crippen LogP contribution in [0, 0.1) is 11.7 Å². The zero-order chi connectivity index (χ0) is 42.4. The topological polar surface area (TPSA) is 192 Å². The van der Waals surface area contributed by atoms with Crippen LogP contribution in [0.4, 0.5) is 22.4 Å². The van der Waals surface area contributed by atoms with Crippen molar-refractivity contribution in [3.05, 3.63) is 42.4 Å². The fourth-order valence-electron chi connectivity index (χ4n) is 7.31. The van der Waals surface area contributed by atoms with Crippen LogP contribution in [0.15, 0.2) is 36.5 Å². The van der Waals surface area contributed by atoms with Gasteiger partial charge < -0.3 is 34.5 Å². The van der Waals surface area contributed by atoms with Crippen molar-refractivity contribution >= 4 is 44.6 Å². The van der Waals surface area contributed by atoms with Gasteiger partial charge >= 0.3 is 6.09 Å². The monoisotopic (exact) mass is 841 g/mol. The minimum absolute atomic E-state index is 0.0153. The number of alkyl carbamates (subject to hydrolysis) is 1. The summed E-state index contributed by atoms with van der Waals surface area (Å²) in [5.41, 5.74) is -4.05. The molecule has 1 aromatic heterocycles. The number of nitrogens with zero attached hydrogens (tertiary/aromatic N) is 2. The Hall–Kier alpha value is -4.72. The largest absolute Gasteiger partial charge is 0.496 e. The van der Waals surface area contributed by atoms with E-state index < -0.39 is 105 Å². The minimum atomic E-state index is -4.48. The molecule has 3 fully saturated rings. The molecule has 6 rings (SSSR count). The lowest BCUT2D eigenvalue weighted by Crippen LogP contribution is -2.60. The first-order chi connectivity index (χ1) is 27.3. The summed E-state index contributed by atoms with van der Waals surface area (Å²) in [5.74, 6) is -4.10. The standard InChI is InChI=1S/C38H47F4N5O10S/c1-20-8-6-7-9-22-17-38(22,34(50)46-58(52,53)37(19-39)11-12-37)45-30(48)27-16-24(56-31-26-14-23(40)15-28(54-5)25(26)10-13-43-31)18-47(27)32(49)29(21(2)55-20)44-35(51)57-36(3,4)33(41)42/h7,9-10,13-15,20-22,24,27,29,33H,6,8,11-12,16-19H2,1-5H3,(H,44,51)(H,45,48)(H,46,50)/t20-,21+,22-,24-,27+,29+,38-/m1/s1. The summed E-state index contributed by atoms with van der Waals surface area (Å²) in [6.07, 6.45) is -1.80. The number of hydrogen-bond acceptors (Lipinski definition) is 11. The number of halogens is 4. The maximum absolute atomic E-state index is 14.7. The number of benzene rings is 1. The number of carbonyl (C=O) groups is 4. The number of nitrogens with one attached hydrogen (secondary N) is 3. The van der Waals surface area contributed by atoms with Crippen LogP contribution in [0.2, 0.25) is 0 Å². The highest BCUT2D eigenvalue weighted by Crippen LogP contribution is 2.48. The van der Waals surface area contributed by atoms with Crippen molar-refractivity contribution < 1.29 is 64.1 Å². The van der Waals surface area contributed by atoms with Gasteiger partial charge in [0.25, 0.3) is 12.3 Å². The van der Waals surface area contributed by atoms with Gasteiger partial charge in [0.05, 0.1) is 31.2 Å². The fraction of sp³-hybridized carbons (Fsp3) is 0.605. The molecule has 15 nitrogen and oxygen atoms in total. The Morgan fingerprint density at radius 3 is 2.55 bits per heavy atom. The van der Waals surface area contributed by atoms with E-state index in [0.717, 1.165) is 18.7 Å². The van der Waals surface area contributed by atoms with Gasteiger partial charge in [-0.25, -0.2) is 35.8 Å². The molecule has 1 saturated heterocycles. The molecule has 2 aliphatic carbocycles. The molecule has 0 bridgehead atoms. The Labute approximate surface area is 332 Å². The van der Waals surface area contributed by atoms with E-state index in [1.807, 2.05) is 4.72 Å². The average Bonchev–Trinajstić information content (AvgIpc) is 4.06. The quantitative estimate of drug-likeness (QED) is 0.233. The minimum Gasteiger partial charge on any atom is -0.496 e. The number of alkyl halides is 3. The van der Waals surface area contributed by atoms with Gasteiger partial charge in [-0.05, 0) is 71.9 Å². The van der Waals surface area contributed by atoms with Crippen LogP contribution in [-0.2, 0) is 33.9 Å². The third-order valence-corrected chi connectivity index (χ3v) is 13.3.